The summed E-state index contributed by atoms with van der Waals surface area (Å²) >= 11 is 0. The maximum Gasteiger partial charge on any atom is 0.269 e. The largest absolute Gasteiger partial charge is 0.378 e. The highest BCUT2D eigenvalue weighted by Crippen LogP contribution is 2.22. The molecule has 7 heteroatoms. The molecule has 0 bridgehead atoms. The number of aromatic nitrogens is 3. The van der Waals surface area contributed by atoms with E-state index < -0.39 is 5.91 Å². The Balaban J connectivity index is 2.19. The summed E-state index contributed by atoms with van der Waals surface area (Å²) in [5, 5.41) is 0. The molecule has 3 rings (SSSR count). The molecule has 106 valence electrons. The minimum absolute atomic E-state index is 0.282. The molecule has 0 aromatic carbocycles. The van der Waals surface area contributed by atoms with Crippen LogP contribution in [-0.4, -0.2) is 46.6 Å². The molecule has 2 aromatic rings. The van der Waals surface area contributed by atoms with Crippen molar-refractivity contribution >= 4 is 17.2 Å². The summed E-state index contributed by atoms with van der Waals surface area (Å²) in [6.07, 6.45) is 4.15. The van der Waals surface area contributed by atoms with Crippen molar-refractivity contribution < 1.29 is 9.53 Å². The van der Waals surface area contributed by atoms with Crippen LogP contribution in [0.5, 0.6) is 0 Å². The molecule has 20 heavy (non-hydrogen) atoms. The lowest BCUT2D eigenvalue weighted by atomic mass is 10.3. The summed E-state index contributed by atoms with van der Waals surface area (Å²) in [4.78, 5) is 22.3. The van der Waals surface area contributed by atoms with E-state index in [1.807, 2.05) is 11.3 Å². The van der Waals surface area contributed by atoms with Crippen LogP contribution in [0.3, 0.4) is 0 Å². The SMILES string of the molecule is CCc1nc(C(N)=O)c2cncc(N3CCOCC3)n12. The molecule has 0 atom stereocenters. The predicted molar refractivity (Wildman–Crippen MR) is 73.9 cm³/mol. The van der Waals surface area contributed by atoms with Crippen molar-refractivity contribution in [2.75, 3.05) is 31.2 Å². The van der Waals surface area contributed by atoms with Gasteiger partial charge in [-0.3, -0.25) is 14.2 Å². The van der Waals surface area contributed by atoms with Crippen LogP contribution in [0.1, 0.15) is 23.2 Å². The van der Waals surface area contributed by atoms with Gasteiger partial charge < -0.3 is 15.4 Å². The maximum absolute atomic E-state index is 11.5. The number of imidazole rings is 1. The minimum Gasteiger partial charge on any atom is -0.378 e. The lowest BCUT2D eigenvalue weighted by molar-refractivity contribution is 0.0997. The molecule has 0 radical (unpaired) electrons. The number of ether oxygens (including phenoxy) is 1. The summed E-state index contributed by atoms with van der Waals surface area (Å²) in [5.41, 5.74) is 6.35. The molecule has 0 saturated carbocycles. The Morgan fingerprint density at radius 1 is 1.40 bits per heavy atom. The maximum atomic E-state index is 11.5. The fraction of sp³-hybridized carbons (Fsp3) is 0.462. The average Bonchev–Trinajstić information content (AvgIpc) is 2.87. The number of aryl methyl sites for hydroxylation is 1. The molecule has 1 amide bonds. The van der Waals surface area contributed by atoms with Crippen molar-refractivity contribution in [2.45, 2.75) is 13.3 Å². The number of amides is 1. The zero-order valence-corrected chi connectivity index (χ0v) is 11.4. The summed E-state index contributed by atoms with van der Waals surface area (Å²) in [7, 11) is 0. The summed E-state index contributed by atoms with van der Waals surface area (Å²) in [6, 6.07) is 0. The number of fused-ring (bicyclic) bond motifs is 1. The van der Waals surface area contributed by atoms with Crippen LogP contribution in [0.4, 0.5) is 5.82 Å². The Bertz CT molecular complexity index is 645. The van der Waals surface area contributed by atoms with Crippen molar-refractivity contribution in [1.29, 1.82) is 0 Å². The van der Waals surface area contributed by atoms with Gasteiger partial charge in [0.2, 0.25) is 0 Å². The first kappa shape index (κ1) is 12.9. The van der Waals surface area contributed by atoms with Crippen molar-refractivity contribution in [3.8, 4) is 0 Å². The Hall–Kier alpha value is -2.15. The first-order valence-corrected chi connectivity index (χ1v) is 6.70. The van der Waals surface area contributed by atoms with Crippen molar-refractivity contribution in [3.63, 3.8) is 0 Å². The van der Waals surface area contributed by atoms with Crippen LogP contribution in [0.2, 0.25) is 0 Å². The van der Waals surface area contributed by atoms with E-state index in [1.54, 1.807) is 12.4 Å². The highest BCUT2D eigenvalue weighted by Gasteiger charge is 2.20. The molecule has 1 saturated heterocycles. The summed E-state index contributed by atoms with van der Waals surface area (Å²) < 4.78 is 7.34. The quantitative estimate of drug-likeness (QED) is 0.866. The number of anilines is 1. The van der Waals surface area contributed by atoms with Crippen LogP contribution < -0.4 is 10.6 Å². The molecule has 7 nitrogen and oxygen atoms in total. The van der Waals surface area contributed by atoms with E-state index in [0.717, 1.165) is 31.2 Å². The van der Waals surface area contributed by atoms with E-state index in [2.05, 4.69) is 14.9 Å². The monoisotopic (exact) mass is 275 g/mol. The normalized spacial score (nSPS) is 15.8. The molecular formula is C13H17N5O2. The molecule has 0 spiro atoms. The van der Waals surface area contributed by atoms with Crippen LogP contribution >= 0.6 is 0 Å². The highest BCUT2D eigenvalue weighted by molar-refractivity contribution is 5.98. The fourth-order valence-electron chi connectivity index (χ4n) is 2.52. The smallest absolute Gasteiger partial charge is 0.269 e. The van der Waals surface area contributed by atoms with E-state index in [9.17, 15) is 4.79 Å². The third kappa shape index (κ3) is 2.00. The molecular weight excluding hydrogens is 258 g/mol. The molecule has 2 aromatic heterocycles. The highest BCUT2D eigenvalue weighted by atomic mass is 16.5. The number of morpholine rings is 1. The van der Waals surface area contributed by atoms with E-state index in [1.165, 1.54) is 0 Å². The summed E-state index contributed by atoms with van der Waals surface area (Å²) in [5.74, 6) is 1.23. The number of carbonyl (C=O) groups is 1. The van der Waals surface area contributed by atoms with Gasteiger partial charge in [0.15, 0.2) is 5.69 Å². The zero-order valence-electron chi connectivity index (χ0n) is 11.4. The van der Waals surface area contributed by atoms with Gasteiger partial charge in [-0.25, -0.2) is 4.98 Å². The number of nitrogens with zero attached hydrogens (tertiary/aromatic N) is 4. The van der Waals surface area contributed by atoms with Gasteiger partial charge in [-0.2, -0.15) is 0 Å². The summed E-state index contributed by atoms with van der Waals surface area (Å²) in [6.45, 7) is 4.98. The van der Waals surface area contributed by atoms with E-state index in [-0.39, 0.29) is 5.69 Å². The first-order chi connectivity index (χ1) is 9.72. The number of hydrogen-bond donors (Lipinski definition) is 1. The van der Waals surface area contributed by atoms with Gasteiger partial charge in [-0.05, 0) is 0 Å². The second kappa shape index (κ2) is 5.09. The van der Waals surface area contributed by atoms with Crippen LogP contribution in [0, 0.1) is 0 Å². The Kier molecular flexibility index (Phi) is 3.27. The fourth-order valence-corrected chi connectivity index (χ4v) is 2.52. The van der Waals surface area contributed by atoms with Crippen molar-refractivity contribution in [2.24, 2.45) is 5.73 Å². The number of primary amides is 1. The lowest BCUT2D eigenvalue weighted by Crippen LogP contribution is -2.37. The van der Waals surface area contributed by atoms with Gasteiger partial charge in [0.05, 0.1) is 31.1 Å². The third-order valence-corrected chi connectivity index (χ3v) is 3.48. The van der Waals surface area contributed by atoms with Crippen molar-refractivity contribution in [1.82, 2.24) is 14.4 Å². The number of rotatable bonds is 3. The molecule has 1 aliphatic heterocycles. The first-order valence-electron chi connectivity index (χ1n) is 6.70. The van der Waals surface area contributed by atoms with Gasteiger partial charge in [-0.15, -0.1) is 0 Å². The standard InChI is InChI=1S/C13H17N5O2/c1-2-10-16-12(13(14)19)9-7-15-8-11(18(9)10)17-3-5-20-6-4-17/h7-8H,2-6H2,1H3,(H2,14,19). The number of carbonyl (C=O) groups excluding carboxylic acids is 1. The van der Waals surface area contributed by atoms with Crippen LogP contribution in [0.25, 0.3) is 5.52 Å². The van der Waals surface area contributed by atoms with Crippen LogP contribution in [-0.2, 0) is 11.2 Å². The van der Waals surface area contributed by atoms with Gasteiger partial charge >= 0.3 is 0 Å². The zero-order chi connectivity index (χ0) is 14.1. The van der Waals surface area contributed by atoms with Gasteiger partial charge in [-0.1, -0.05) is 6.92 Å². The number of hydrogen-bond acceptors (Lipinski definition) is 5. The second-order valence-electron chi connectivity index (χ2n) is 4.68. The van der Waals surface area contributed by atoms with Gasteiger partial charge in [0.25, 0.3) is 5.91 Å². The Morgan fingerprint density at radius 2 is 2.15 bits per heavy atom. The second-order valence-corrected chi connectivity index (χ2v) is 4.68. The van der Waals surface area contributed by atoms with Crippen LogP contribution in [0.15, 0.2) is 12.4 Å². The Morgan fingerprint density at radius 3 is 2.80 bits per heavy atom. The third-order valence-electron chi connectivity index (χ3n) is 3.48. The molecule has 3 heterocycles. The van der Waals surface area contributed by atoms with E-state index in [0.29, 0.717) is 18.7 Å². The minimum atomic E-state index is -0.525. The average molecular weight is 275 g/mol. The molecule has 0 aliphatic carbocycles. The molecule has 1 fully saturated rings. The van der Waals surface area contributed by atoms with Gasteiger partial charge in [0, 0.05) is 19.5 Å². The molecule has 1 aliphatic rings. The van der Waals surface area contributed by atoms with Crippen molar-refractivity contribution in [3.05, 3.63) is 23.9 Å². The Labute approximate surface area is 116 Å². The topological polar surface area (TPSA) is 85.8 Å². The number of nitrogens with two attached hydrogens (primary N) is 1. The van der Waals surface area contributed by atoms with E-state index >= 15 is 0 Å². The predicted octanol–water partition coefficient (Wildman–Crippen LogP) is 0.227. The molecule has 0 unspecified atom stereocenters. The lowest BCUT2D eigenvalue weighted by Gasteiger charge is -2.29. The van der Waals surface area contributed by atoms with E-state index in [4.69, 9.17) is 10.5 Å². The van der Waals surface area contributed by atoms with Gasteiger partial charge in [0.1, 0.15) is 11.6 Å². The molecule has 2 N–H and O–H groups in total.